The number of aldehydes is 1. The van der Waals surface area contributed by atoms with E-state index in [0.717, 1.165) is 0 Å². The number of ether oxygens (including phenoxy) is 1. The highest BCUT2D eigenvalue weighted by Crippen LogP contribution is 2.30. The first-order valence-electron chi connectivity index (χ1n) is 6.04. The highest BCUT2D eigenvalue weighted by Gasteiger charge is 2.33. The Labute approximate surface area is 122 Å². The van der Waals surface area contributed by atoms with Crippen molar-refractivity contribution >= 4 is 24.0 Å². The zero-order valence-corrected chi connectivity index (χ0v) is 12.6. The molecule has 0 heterocycles. The van der Waals surface area contributed by atoms with Gasteiger partial charge >= 0.3 is 6.09 Å². The van der Waals surface area contributed by atoms with Gasteiger partial charge in [-0.2, -0.15) is 0 Å². The van der Waals surface area contributed by atoms with Gasteiger partial charge in [-0.3, -0.25) is 0 Å². The maximum absolute atomic E-state index is 11.8. The number of phenolic OH excluding ortho intramolecular Hbond substituents is 1. The number of phenols is 1. The van der Waals surface area contributed by atoms with Crippen LogP contribution in [0.15, 0.2) is 18.2 Å². The number of rotatable bonds is 3. The van der Waals surface area contributed by atoms with Crippen molar-refractivity contribution in [2.75, 3.05) is 0 Å². The lowest BCUT2D eigenvalue weighted by molar-refractivity contribution is -0.113. The largest absolute Gasteiger partial charge is 0.508 e. The van der Waals surface area contributed by atoms with Crippen molar-refractivity contribution in [3.05, 3.63) is 28.8 Å². The van der Waals surface area contributed by atoms with Gasteiger partial charge < -0.3 is 20.0 Å². The van der Waals surface area contributed by atoms with Gasteiger partial charge in [-0.1, -0.05) is 11.6 Å². The SMILES string of the molecule is CC(C)(C)OC(=O)NC(C)(C=O)c1cc(Cl)ccc1O. The Hall–Kier alpha value is -1.75. The minimum Gasteiger partial charge on any atom is -0.508 e. The molecule has 0 radical (unpaired) electrons. The lowest BCUT2D eigenvalue weighted by atomic mass is 9.93. The van der Waals surface area contributed by atoms with E-state index in [9.17, 15) is 14.7 Å². The molecular formula is C14H18ClNO4. The van der Waals surface area contributed by atoms with Crippen LogP contribution >= 0.6 is 11.6 Å². The fourth-order valence-corrected chi connectivity index (χ4v) is 1.77. The molecule has 0 bridgehead atoms. The van der Waals surface area contributed by atoms with Crippen LogP contribution in [-0.4, -0.2) is 23.1 Å². The van der Waals surface area contributed by atoms with E-state index in [1.807, 2.05) is 0 Å². The average Bonchev–Trinajstić information content (AvgIpc) is 2.29. The maximum Gasteiger partial charge on any atom is 0.408 e. The Morgan fingerprint density at radius 1 is 1.35 bits per heavy atom. The number of nitrogens with one attached hydrogen (secondary N) is 1. The van der Waals surface area contributed by atoms with Crippen LogP contribution in [0.1, 0.15) is 33.3 Å². The fourth-order valence-electron chi connectivity index (χ4n) is 1.60. The van der Waals surface area contributed by atoms with Crippen molar-refractivity contribution in [3.8, 4) is 5.75 Å². The predicted molar refractivity (Wildman–Crippen MR) is 75.9 cm³/mol. The number of halogens is 1. The molecule has 0 aliphatic rings. The van der Waals surface area contributed by atoms with Crippen molar-refractivity contribution < 1.29 is 19.4 Å². The molecule has 110 valence electrons. The first-order valence-corrected chi connectivity index (χ1v) is 6.42. The molecule has 0 aliphatic heterocycles. The summed E-state index contributed by atoms with van der Waals surface area (Å²) in [6.45, 7) is 6.58. The van der Waals surface area contributed by atoms with Gasteiger partial charge in [0.05, 0.1) is 0 Å². The second-order valence-corrected chi connectivity index (χ2v) is 6.05. The highest BCUT2D eigenvalue weighted by atomic mass is 35.5. The molecule has 0 saturated heterocycles. The summed E-state index contributed by atoms with van der Waals surface area (Å²) in [4.78, 5) is 23.2. The summed E-state index contributed by atoms with van der Waals surface area (Å²) < 4.78 is 5.10. The van der Waals surface area contributed by atoms with E-state index in [1.165, 1.54) is 25.1 Å². The van der Waals surface area contributed by atoms with Crippen LogP contribution in [0.25, 0.3) is 0 Å². The zero-order valence-electron chi connectivity index (χ0n) is 11.9. The van der Waals surface area contributed by atoms with Gasteiger partial charge in [0.1, 0.15) is 23.2 Å². The number of amides is 1. The summed E-state index contributed by atoms with van der Waals surface area (Å²) in [7, 11) is 0. The third-order valence-corrected chi connectivity index (χ3v) is 2.75. The van der Waals surface area contributed by atoms with Gasteiger partial charge in [-0.05, 0) is 45.9 Å². The second-order valence-electron chi connectivity index (χ2n) is 5.61. The van der Waals surface area contributed by atoms with Gasteiger partial charge in [0.25, 0.3) is 0 Å². The molecule has 1 aromatic rings. The molecule has 20 heavy (non-hydrogen) atoms. The minimum atomic E-state index is -1.43. The Morgan fingerprint density at radius 3 is 2.45 bits per heavy atom. The molecule has 0 aliphatic carbocycles. The van der Waals surface area contributed by atoms with Gasteiger partial charge in [-0.15, -0.1) is 0 Å². The number of hydrogen-bond acceptors (Lipinski definition) is 4. The Bertz CT molecular complexity index is 524. The molecule has 1 amide bonds. The number of aromatic hydroxyl groups is 1. The third-order valence-electron chi connectivity index (χ3n) is 2.51. The normalized spacial score (nSPS) is 14.2. The summed E-state index contributed by atoms with van der Waals surface area (Å²) in [5.74, 6) is -0.139. The number of carbonyl (C=O) groups is 2. The fraction of sp³-hybridized carbons (Fsp3) is 0.429. The van der Waals surface area contributed by atoms with E-state index in [4.69, 9.17) is 16.3 Å². The van der Waals surface area contributed by atoms with Crippen LogP contribution in [0.4, 0.5) is 4.79 Å². The van der Waals surface area contributed by atoms with Gasteiger partial charge in [0, 0.05) is 10.6 Å². The maximum atomic E-state index is 11.8. The summed E-state index contributed by atoms with van der Waals surface area (Å²) in [6, 6.07) is 4.26. The van der Waals surface area contributed by atoms with Gasteiger partial charge in [-0.25, -0.2) is 4.79 Å². The molecule has 0 saturated carbocycles. The lowest BCUT2D eigenvalue weighted by Crippen LogP contribution is -2.47. The summed E-state index contributed by atoms with van der Waals surface area (Å²) >= 11 is 5.85. The Kier molecular flexibility index (Phi) is 4.65. The predicted octanol–water partition coefficient (Wildman–Crippen LogP) is 2.98. The van der Waals surface area contributed by atoms with Gasteiger partial charge in [0.15, 0.2) is 0 Å². The van der Waals surface area contributed by atoms with Crippen LogP contribution in [-0.2, 0) is 15.1 Å². The van der Waals surface area contributed by atoms with Crippen LogP contribution in [0.2, 0.25) is 5.02 Å². The van der Waals surface area contributed by atoms with Crippen LogP contribution in [0, 0.1) is 0 Å². The smallest absolute Gasteiger partial charge is 0.408 e. The lowest BCUT2D eigenvalue weighted by Gasteiger charge is -2.28. The van der Waals surface area contributed by atoms with E-state index in [2.05, 4.69) is 5.32 Å². The number of alkyl carbamates (subject to hydrolysis) is 1. The number of carbonyl (C=O) groups excluding carboxylic acids is 2. The number of hydrogen-bond donors (Lipinski definition) is 2. The topological polar surface area (TPSA) is 75.6 Å². The summed E-state index contributed by atoms with van der Waals surface area (Å²) in [6.07, 6.45) is -0.242. The summed E-state index contributed by atoms with van der Waals surface area (Å²) in [5, 5.41) is 12.6. The molecular weight excluding hydrogens is 282 g/mol. The molecule has 1 rings (SSSR count). The molecule has 5 nitrogen and oxygen atoms in total. The van der Waals surface area contributed by atoms with Crippen molar-refractivity contribution in [1.82, 2.24) is 5.32 Å². The first-order chi connectivity index (χ1) is 9.07. The first kappa shape index (κ1) is 16.3. The average molecular weight is 300 g/mol. The monoisotopic (exact) mass is 299 g/mol. The molecule has 2 N–H and O–H groups in total. The van der Waals surface area contributed by atoms with Crippen molar-refractivity contribution in [2.45, 2.75) is 38.8 Å². The van der Waals surface area contributed by atoms with Crippen LogP contribution in [0.3, 0.4) is 0 Å². The number of benzene rings is 1. The molecule has 0 aromatic heterocycles. The van der Waals surface area contributed by atoms with E-state index in [1.54, 1.807) is 20.8 Å². The second kappa shape index (κ2) is 5.71. The molecule has 1 aromatic carbocycles. The molecule has 0 spiro atoms. The quantitative estimate of drug-likeness (QED) is 0.841. The van der Waals surface area contributed by atoms with E-state index < -0.39 is 17.2 Å². The molecule has 1 unspecified atom stereocenters. The molecule has 6 heteroatoms. The molecule has 0 fully saturated rings. The van der Waals surface area contributed by atoms with Crippen LogP contribution < -0.4 is 5.32 Å². The molecule has 1 atom stereocenters. The minimum absolute atomic E-state index is 0.139. The Balaban J connectivity index is 3.06. The third kappa shape index (κ3) is 4.13. The van der Waals surface area contributed by atoms with Crippen LogP contribution in [0.5, 0.6) is 5.75 Å². The van der Waals surface area contributed by atoms with Crippen molar-refractivity contribution in [2.24, 2.45) is 0 Å². The zero-order chi connectivity index (χ0) is 15.6. The summed E-state index contributed by atoms with van der Waals surface area (Å²) in [5.41, 5.74) is -1.92. The van der Waals surface area contributed by atoms with Crippen molar-refractivity contribution in [1.29, 1.82) is 0 Å². The van der Waals surface area contributed by atoms with E-state index >= 15 is 0 Å². The van der Waals surface area contributed by atoms with E-state index in [-0.39, 0.29) is 11.3 Å². The van der Waals surface area contributed by atoms with E-state index in [0.29, 0.717) is 11.3 Å². The van der Waals surface area contributed by atoms with Gasteiger partial charge in [0.2, 0.25) is 0 Å². The van der Waals surface area contributed by atoms with Crippen molar-refractivity contribution in [3.63, 3.8) is 0 Å². The highest BCUT2D eigenvalue weighted by molar-refractivity contribution is 6.30. The Morgan fingerprint density at radius 2 is 1.95 bits per heavy atom. The standard InChI is InChI=1S/C14H18ClNO4/c1-13(2,3)20-12(19)16-14(4,8-17)10-7-9(15)5-6-11(10)18/h5-8,18H,1-4H3,(H,16,19).